The zero-order valence-corrected chi connectivity index (χ0v) is 21.8. The van der Waals surface area contributed by atoms with E-state index in [2.05, 4.69) is 71.8 Å². The molecule has 4 aromatic rings. The lowest BCUT2D eigenvalue weighted by molar-refractivity contribution is 0.300. The number of rotatable bonds is 6. The molecule has 0 amide bonds. The highest BCUT2D eigenvalue weighted by molar-refractivity contribution is 6.32. The van der Waals surface area contributed by atoms with Crippen molar-refractivity contribution in [2.45, 2.75) is 31.9 Å². The minimum atomic E-state index is -0.294. The highest BCUT2D eigenvalue weighted by atomic mass is 35.5. The number of nitrogens with zero attached hydrogens (tertiary/aromatic N) is 1. The summed E-state index contributed by atoms with van der Waals surface area (Å²) in [6, 6.07) is 27.4. The Morgan fingerprint density at radius 2 is 1.87 bits per heavy atom. The molecule has 1 heterocycles. The molecule has 6 rings (SSSR count). The van der Waals surface area contributed by atoms with Crippen LogP contribution in [0.5, 0.6) is 5.75 Å². The van der Waals surface area contributed by atoms with Gasteiger partial charge in [0.1, 0.15) is 18.2 Å². The van der Waals surface area contributed by atoms with Gasteiger partial charge in [-0.2, -0.15) is 0 Å². The molecule has 3 atom stereocenters. The molecule has 38 heavy (non-hydrogen) atoms. The molecule has 1 aliphatic carbocycles. The number of benzene rings is 4. The molecule has 4 aromatic carbocycles. The molecule has 5 heteroatoms. The topological polar surface area (TPSA) is 33.6 Å². The van der Waals surface area contributed by atoms with Gasteiger partial charge in [-0.1, -0.05) is 71.8 Å². The third-order valence-electron chi connectivity index (χ3n) is 7.43. The lowest BCUT2D eigenvalue weighted by atomic mass is 9.76. The number of fused-ring (bicyclic) bond motifs is 3. The number of nitrogens with one attached hydrogen (secondary N) is 1. The second-order valence-electron chi connectivity index (χ2n) is 9.99. The molecule has 2 aliphatic rings. The van der Waals surface area contributed by atoms with Crippen molar-refractivity contribution in [3.05, 3.63) is 136 Å². The van der Waals surface area contributed by atoms with Gasteiger partial charge in [0.05, 0.1) is 16.8 Å². The van der Waals surface area contributed by atoms with Crippen LogP contribution in [0.4, 0.5) is 15.8 Å². The van der Waals surface area contributed by atoms with Crippen LogP contribution in [0.2, 0.25) is 5.02 Å². The quantitative estimate of drug-likeness (QED) is 0.202. The third kappa shape index (κ3) is 4.97. The van der Waals surface area contributed by atoms with Gasteiger partial charge >= 0.3 is 0 Å². The molecular formula is C33H28ClFN2O. The highest BCUT2D eigenvalue weighted by Crippen LogP contribution is 2.50. The van der Waals surface area contributed by atoms with E-state index >= 15 is 0 Å². The Balaban J connectivity index is 1.13. The standard InChI is InChI=1S/C33H28ClFN2O/c1-21-9-15-31-28(17-21)26-6-4-7-27(26)33(37-31)23-11-13-25(14-12-23)36-19-22-10-16-32(29(34)18-22)38-20-24-5-2-3-8-30(24)35/h2-6,8-19,26-27,33,37H,7,20H2,1H3/t26-,27+,33-/m1/s1. The average Bonchev–Trinajstić information content (AvgIpc) is 3.43. The lowest BCUT2D eigenvalue weighted by Crippen LogP contribution is -2.29. The summed E-state index contributed by atoms with van der Waals surface area (Å²) in [6.07, 6.45) is 7.56. The van der Waals surface area contributed by atoms with Crippen molar-refractivity contribution in [2.75, 3.05) is 5.32 Å². The summed E-state index contributed by atoms with van der Waals surface area (Å²) in [5.74, 6) is 1.18. The largest absolute Gasteiger partial charge is 0.487 e. The smallest absolute Gasteiger partial charge is 0.138 e. The van der Waals surface area contributed by atoms with Crippen LogP contribution in [0, 0.1) is 18.7 Å². The van der Waals surface area contributed by atoms with Crippen LogP contribution in [0.3, 0.4) is 0 Å². The number of hydrogen-bond acceptors (Lipinski definition) is 3. The van der Waals surface area contributed by atoms with Gasteiger partial charge in [0.2, 0.25) is 0 Å². The molecule has 1 N–H and O–H groups in total. The highest BCUT2D eigenvalue weighted by Gasteiger charge is 2.37. The van der Waals surface area contributed by atoms with Crippen molar-refractivity contribution >= 4 is 29.2 Å². The fraction of sp³-hybridized carbons (Fsp3) is 0.182. The lowest BCUT2D eigenvalue weighted by Gasteiger charge is -2.37. The number of allylic oxidation sites excluding steroid dienone is 2. The van der Waals surface area contributed by atoms with Crippen molar-refractivity contribution in [3.8, 4) is 5.75 Å². The molecule has 0 radical (unpaired) electrons. The molecule has 0 fully saturated rings. The number of halogens is 2. The average molecular weight is 523 g/mol. The molecule has 1 aliphatic heterocycles. The van der Waals surface area contributed by atoms with E-state index in [-0.39, 0.29) is 18.5 Å². The van der Waals surface area contributed by atoms with Gasteiger partial charge < -0.3 is 10.1 Å². The van der Waals surface area contributed by atoms with Gasteiger partial charge in [-0.15, -0.1) is 0 Å². The van der Waals surface area contributed by atoms with Gasteiger partial charge in [-0.3, -0.25) is 4.99 Å². The Labute approximate surface area is 227 Å². The zero-order valence-electron chi connectivity index (χ0n) is 21.1. The first-order chi connectivity index (χ1) is 18.5. The van der Waals surface area contributed by atoms with E-state index in [9.17, 15) is 4.39 Å². The van der Waals surface area contributed by atoms with E-state index in [0.29, 0.717) is 28.2 Å². The van der Waals surface area contributed by atoms with E-state index in [4.69, 9.17) is 16.3 Å². The second kappa shape index (κ2) is 10.5. The van der Waals surface area contributed by atoms with E-state index in [1.54, 1.807) is 36.5 Å². The normalized spacial score (nSPS) is 19.7. The summed E-state index contributed by atoms with van der Waals surface area (Å²) < 4.78 is 19.6. The number of ether oxygens (including phenoxy) is 1. The van der Waals surface area contributed by atoms with Crippen molar-refractivity contribution in [1.82, 2.24) is 0 Å². The molecule has 0 aromatic heterocycles. The number of aliphatic imine (C=N–C) groups is 1. The Morgan fingerprint density at radius 1 is 1.03 bits per heavy atom. The van der Waals surface area contributed by atoms with Crippen LogP contribution in [0.15, 0.2) is 102 Å². The predicted octanol–water partition coefficient (Wildman–Crippen LogP) is 8.94. The van der Waals surface area contributed by atoms with Crippen LogP contribution >= 0.6 is 11.6 Å². The SMILES string of the molecule is Cc1ccc2c(c1)[C@@H]1C=CC[C@@H]1[C@@H](c1ccc(N=Cc3ccc(OCc4ccccc4F)c(Cl)c3)cc1)N2. The van der Waals surface area contributed by atoms with Gasteiger partial charge in [0, 0.05) is 23.4 Å². The predicted molar refractivity (Wildman–Crippen MR) is 153 cm³/mol. The second-order valence-corrected chi connectivity index (χ2v) is 10.4. The fourth-order valence-corrected chi connectivity index (χ4v) is 5.69. The Hall–Kier alpha value is -3.89. The van der Waals surface area contributed by atoms with Crippen LogP contribution in [0.25, 0.3) is 0 Å². The van der Waals surface area contributed by atoms with Crippen molar-refractivity contribution in [2.24, 2.45) is 10.9 Å². The van der Waals surface area contributed by atoms with Crippen molar-refractivity contribution in [3.63, 3.8) is 0 Å². The van der Waals surface area contributed by atoms with Gasteiger partial charge in [0.15, 0.2) is 0 Å². The Morgan fingerprint density at radius 3 is 2.68 bits per heavy atom. The number of anilines is 1. The summed E-state index contributed by atoms with van der Waals surface area (Å²) in [5, 5.41) is 4.26. The maximum atomic E-state index is 13.8. The van der Waals surface area contributed by atoms with Crippen molar-refractivity contribution in [1.29, 1.82) is 0 Å². The summed E-state index contributed by atoms with van der Waals surface area (Å²) in [4.78, 5) is 4.64. The third-order valence-corrected chi connectivity index (χ3v) is 7.73. The molecule has 3 nitrogen and oxygen atoms in total. The van der Waals surface area contributed by atoms with Crippen LogP contribution in [-0.4, -0.2) is 6.21 Å². The first kappa shape index (κ1) is 24.4. The molecular weight excluding hydrogens is 495 g/mol. The maximum Gasteiger partial charge on any atom is 0.138 e. The first-order valence-corrected chi connectivity index (χ1v) is 13.3. The van der Waals surface area contributed by atoms with Crippen LogP contribution in [-0.2, 0) is 6.61 Å². The maximum absolute atomic E-state index is 13.8. The van der Waals surface area contributed by atoms with E-state index < -0.39 is 0 Å². The summed E-state index contributed by atoms with van der Waals surface area (Å²) >= 11 is 6.42. The monoisotopic (exact) mass is 522 g/mol. The molecule has 0 saturated carbocycles. The number of aryl methyl sites for hydroxylation is 1. The summed E-state index contributed by atoms with van der Waals surface area (Å²) in [6.45, 7) is 2.27. The van der Waals surface area contributed by atoms with Gasteiger partial charge in [0.25, 0.3) is 0 Å². The van der Waals surface area contributed by atoms with E-state index in [1.807, 2.05) is 6.07 Å². The van der Waals surface area contributed by atoms with Gasteiger partial charge in [-0.25, -0.2) is 4.39 Å². The number of hydrogen-bond donors (Lipinski definition) is 1. The minimum Gasteiger partial charge on any atom is -0.487 e. The van der Waals surface area contributed by atoms with E-state index in [1.165, 1.54) is 28.4 Å². The molecule has 0 spiro atoms. The molecule has 190 valence electrons. The van der Waals surface area contributed by atoms with Crippen molar-refractivity contribution < 1.29 is 9.13 Å². The fourth-order valence-electron chi connectivity index (χ4n) is 5.45. The first-order valence-electron chi connectivity index (χ1n) is 12.9. The zero-order chi connectivity index (χ0) is 26.1. The minimum absolute atomic E-state index is 0.116. The molecule has 0 unspecified atom stereocenters. The van der Waals surface area contributed by atoms with Crippen LogP contribution in [0.1, 0.15) is 46.2 Å². The van der Waals surface area contributed by atoms with Gasteiger partial charge in [-0.05, 0) is 78.4 Å². The van der Waals surface area contributed by atoms with Crippen LogP contribution < -0.4 is 10.1 Å². The Kier molecular flexibility index (Phi) is 6.73. The molecule has 0 bridgehead atoms. The van der Waals surface area contributed by atoms with E-state index in [0.717, 1.165) is 17.7 Å². The summed E-state index contributed by atoms with van der Waals surface area (Å²) in [5.41, 5.74) is 7.43. The molecule has 0 saturated heterocycles. The summed E-state index contributed by atoms with van der Waals surface area (Å²) in [7, 11) is 0. The Bertz CT molecular complexity index is 1530.